The third-order valence-corrected chi connectivity index (χ3v) is 2.47. The highest BCUT2D eigenvalue weighted by molar-refractivity contribution is 5.54. The van der Waals surface area contributed by atoms with Crippen molar-refractivity contribution in [3.8, 4) is 6.07 Å². The summed E-state index contributed by atoms with van der Waals surface area (Å²) in [6.45, 7) is 0.717. The van der Waals surface area contributed by atoms with Gasteiger partial charge in [-0.15, -0.1) is 0 Å². The number of nitriles is 1. The van der Waals surface area contributed by atoms with Gasteiger partial charge in [-0.3, -0.25) is 0 Å². The summed E-state index contributed by atoms with van der Waals surface area (Å²) in [5.74, 6) is 0. The Morgan fingerprint density at radius 3 is 2.53 bits per heavy atom. The van der Waals surface area contributed by atoms with Crippen molar-refractivity contribution in [2.24, 2.45) is 0 Å². The van der Waals surface area contributed by atoms with Gasteiger partial charge in [0.25, 0.3) is 0 Å². The monoisotopic (exact) mass is 223 g/mol. The minimum Gasteiger partial charge on any atom is -0.399 e. The van der Waals surface area contributed by atoms with E-state index in [0.717, 1.165) is 23.5 Å². The molecule has 0 aliphatic rings. The average Bonchev–Trinajstić information content (AvgIpc) is 2.37. The highest BCUT2D eigenvalue weighted by atomic mass is 14.9. The zero-order chi connectivity index (χ0) is 12.1. The number of rotatable bonds is 3. The second kappa shape index (κ2) is 5.04. The number of nitrogen functional groups attached to an aromatic ring is 1. The number of hydrogen-bond donors (Lipinski definition) is 2. The van der Waals surface area contributed by atoms with Crippen LogP contribution >= 0.6 is 0 Å². The lowest BCUT2D eigenvalue weighted by Crippen LogP contribution is -1.99. The van der Waals surface area contributed by atoms with Gasteiger partial charge < -0.3 is 11.1 Å². The summed E-state index contributed by atoms with van der Waals surface area (Å²) in [5, 5.41) is 12.0. The quantitative estimate of drug-likeness (QED) is 0.786. The summed E-state index contributed by atoms with van der Waals surface area (Å²) in [5.41, 5.74) is 9.24. The summed E-state index contributed by atoms with van der Waals surface area (Å²) in [4.78, 5) is 0. The molecule has 0 aliphatic heterocycles. The lowest BCUT2D eigenvalue weighted by atomic mass is 10.1. The van der Waals surface area contributed by atoms with Gasteiger partial charge in [-0.05, 0) is 35.9 Å². The van der Waals surface area contributed by atoms with Crippen molar-refractivity contribution < 1.29 is 0 Å². The zero-order valence-electron chi connectivity index (χ0n) is 9.35. The van der Waals surface area contributed by atoms with Gasteiger partial charge in [0.15, 0.2) is 0 Å². The smallest absolute Gasteiger partial charge is 0.0991 e. The van der Waals surface area contributed by atoms with Crippen molar-refractivity contribution in [2.75, 3.05) is 11.1 Å². The standard InChI is InChI=1S/C14H13N3/c15-9-11-4-6-12(7-5-11)10-17-14-3-1-2-13(16)8-14/h1-8,17H,10,16H2. The molecule has 0 unspecified atom stereocenters. The predicted molar refractivity (Wildman–Crippen MR) is 69.3 cm³/mol. The first-order chi connectivity index (χ1) is 8.28. The molecular weight excluding hydrogens is 210 g/mol. The summed E-state index contributed by atoms with van der Waals surface area (Å²) >= 11 is 0. The Morgan fingerprint density at radius 2 is 1.88 bits per heavy atom. The molecule has 0 aromatic heterocycles. The van der Waals surface area contributed by atoms with E-state index in [4.69, 9.17) is 11.0 Å². The lowest BCUT2D eigenvalue weighted by Gasteiger charge is -2.07. The van der Waals surface area contributed by atoms with E-state index < -0.39 is 0 Å². The third-order valence-electron chi connectivity index (χ3n) is 2.47. The molecule has 0 bridgehead atoms. The van der Waals surface area contributed by atoms with Gasteiger partial charge in [-0.25, -0.2) is 0 Å². The van der Waals surface area contributed by atoms with Crippen LogP contribution in [0.25, 0.3) is 0 Å². The maximum absolute atomic E-state index is 8.69. The van der Waals surface area contributed by atoms with Crippen molar-refractivity contribution in [2.45, 2.75) is 6.54 Å². The van der Waals surface area contributed by atoms with Gasteiger partial charge in [0, 0.05) is 17.9 Å². The van der Waals surface area contributed by atoms with Gasteiger partial charge in [0.1, 0.15) is 0 Å². The van der Waals surface area contributed by atoms with E-state index >= 15 is 0 Å². The van der Waals surface area contributed by atoms with Gasteiger partial charge in [-0.1, -0.05) is 18.2 Å². The maximum atomic E-state index is 8.69. The number of hydrogen-bond acceptors (Lipinski definition) is 3. The lowest BCUT2D eigenvalue weighted by molar-refractivity contribution is 1.15. The number of nitrogens with two attached hydrogens (primary N) is 1. The molecule has 0 saturated heterocycles. The van der Waals surface area contributed by atoms with Gasteiger partial charge in [-0.2, -0.15) is 5.26 Å². The number of anilines is 2. The molecule has 2 aromatic carbocycles. The van der Waals surface area contributed by atoms with Crippen LogP contribution in [-0.2, 0) is 6.54 Å². The van der Waals surface area contributed by atoms with E-state index in [-0.39, 0.29) is 0 Å². The minimum absolute atomic E-state index is 0.678. The van der Waals surface area contributed by atoms with Crippen LogP contribution in [0.5, 0.6) is 0 Å². The predicted octanol–water partition coefficient (Wildman–Crippen LogP) is 2.75. The van der Waals surface area contributed by atoms with Crippen molar-refractivity contribution in [3.05, 3.63) is 59.7 Å². The fraction of sp³-hybridized carbons (Fsp3) is 0.0714. The third kappa shape index (κ3) is 2.99. The Hall–Kier alpha value is -2.47. The molecule has 0 spiro atoms. The van der Waals surface area contributed by atoms with E-state index in [2.05, 4.69) is 11.4 Å². The fourth-order valence-corrected chi connectivity index (χ4v) is 1.55. The van der Waals surface area contributed by atoms with Crippen LogP contribution in [0.15, 0.2) is 48.5 Å². The summed E-state index contributed by atoms with van der Waals surface area (Å²) in [6.07, 6.45) is 0. The Morgan fingerprint density at radius 1 is 1.12 bits per heavy atom. The Balaban J connectivity index is 2.00. The van der Waals surface area contributed by atoms with Crippen LogP contribution in [-0.4, -0.2) is 0 Å². The minimum atomic E-state index is 0.678. The van der Waals surface area contributed by atoms with Crippen LogP contribution in [0.1, 0.15) is 11.1 Å². The molecule has 0 atom stereocenters. The molecule has 0 amide bonds. The molecule has 0 heterocycles. The summed E-state index contributed by atoms with van der Waals surface area (Å²) < 4.78 is 0. The molecule has 3 heteroatoms. The molecule has 0 fully saturated rings. The number of nitrogens with one attached hydrogen (secondary N) is 1. The molecule has 2 rings (SSSR count). The number of benzene rings is 2. The Kier molecular flexibility index (Phi) is 3.27. The van der Waals surface area contributed by atoms with Crippen molar-refractivity contribution >= 4 is 11.4 Å². The summed E-state index contributed by atoms with van der Waals surface area (Å²) in [6, 6.07) is 17.2. The SMILES string of the molecule is N#Cc1ccc(CNc2cccc(N)c2)cc1. The molecule has 0 aliphatic carbocycles. The van der Waals surface area contributed by atoms with Crippen molar-refractivity contribution in [1.29, 1.82) is 5.26 Å². The molecular formula is C14H13N3. The highest BCUT2D eigenvalue weighted by Gasteiger charge is 1.95. The van der Waals surface area contributed by atoms with Crippen LogP contribution in [0.4, 0.5) is 11.4 Å². The van der Waals surface area contributed by atoms with Crippen LogP contribution in [0.2, 0.25) is 0 Å². The highest BCUT2D eigenvalue weighted by Crippen LogP contribution is 2.13. The molecule has 84 valence electrons. The molecule has 3 N–H and O–H groups in total. The van der Waals surface area contributed by atoms with Gasteiger partial charge in [0.2, 0.25) is 0 Å². The fourth-order valence-electron chi connectivity index (χ4n) is 1.55. The average molecular weight is 223 g/mol. The van der Waals surface area contributed by atoms with Gasteiger partial charge >= 0.3 is 0 Å². The van der Waals surface area contributed by atoms with Crippen LogP contribution in [0.3, 0.4) is 0 Å². The van der Waals surface area contributed by atoms with Gasteiger partial charge in [0.05, 0.1) is 11.6 Å². The molecule has 17 heavy (non-hydrogen) atoms. The zero-order valence-corrected chi connectivity index (χ0v) is 9.35. The van der Waals surface area contributed by atoms with E-state index in [1.165, 1.54) is 0 Å². The largest absolute Gasteiger partial charge is 0.399 e. The summed E-state index contributed by atoms with van der Waals surface area (Å²) in [7, 11) is 0. The van der Waals surface area contributed by atoms with E-state index in [1.807, 2.05) is 48.5 Å². The first-order valence-electron chi connectivity index (χ1n) is 5.36. The van der Waals surface area contributed by atoms with E-state index in [9.17, 15) is 0 Å². The number of nitrogens with zero attached hydrogens (tertiary/aromatic N) is 1. The van der Waals surface area contributed by atoms with E-state index in [1.54, 1.807) is 0 Å². The van der Waals surface area contributed by atoms with Crippen LogP contribution < -0.4 is 11.1 Å². The molecule has 2 aromatic rings. The second-order valence-corrected chi connectivity index (χ2v) is 3.79. The maximum Gasteiger partial charge on any atom is 0.0991 e. The normalized spacial score (nSPS) is 9.59. The second-order valence-electron chi connectivity index (χ2n) is 3.79. The molecule has 0 saturated carbocycles. The molecule has 3 nitrogen and oxygen atoms in total. The molecule has 0 radical (unpaired) electrons. The first-order valence-corrected chi connectivity index (χ1v) is 5.36. The van der Waals surface area contributed by atoms with Crippen LogP contribution in [0, 0.1) is 11.3 Å². The Labute approximate surface area is 101 Å². The topological polar surface area (TPSA) is 61.8 Å². The first kappa shape index (κ1) is 11.0. The van der Waals surface area contributed by atoms with E-state index in [0.29, 0.717) is 5.56 Å². The van der Waals surface area contributed by atoms with Crippen molar-refractivity contribution in [1.82, 2.24) is 0 Å². The van der Waals surface area contributed by atoms with Crippen molar-refractivity contribution in [3.63, 3.8) is 0 Å². The Bertz CT molecular complexity index is 538.